The molecular formula is C11H23N3O. The third-order valence-electron chi connectivity index (χ3n) is 3.55. The van der Waals surface area contributed by atoms with Crippen LogP contribution in [0.15, 0.2) is 0 Å². The van der Waals surface area contributed by atoms with Gasteiger partial charge in [-0.2, -0.15) is 0 Å². The third-order valence-corrected chi connectivity index (χ3v) is 3.55. The van der Waals surface area contributed by atoms with Gasteiger partial charge in [-0.1, -0.05) is 0 Å². The van der Waals surface area contributed by atoms with E-state index < -0.39 is 0 Å². The molecular weight excluding hydrogens is 190 g/mol. The van der Waals surface area contributed by atoms with Crippen LogP contribution in [0.1, 0.15) is 12.8 Å². The highest BCUT2D eigenvalue weighted by Crippen LogP contribution is 2.17. The Morgan fingerprint density at radius 2 is 2.27 bits per heavy atom. The minimum atomic E-state index is 0.385. The monoisotopic (exact) mass is 213 g/mol. The lowest BCUT2D eigenvalue weighted by Crippen LogP contribution is -2.48. The Labute approximate surface area is 92.4 Å². The van der Waals surface area contributed by atoms with Crippen LogP contribution in [0.5, 0.6) is 0 Å². The average molecular weight is 213 g/mol. The van der Waals surface area contributed by atoms with Crippen molar-refractivity contribution in [3.63, 3.8) is 0 Å². The smallest absolute Gasteiger partial charge is 0.0829 e. The van der Waals surface area contributed by atoms with Crippen molar-refractivity contribution in [3.8, 4) is 0 Å². The minimum absolute atomic E-state index is 0.385. The maximum Gasteiger partial charge on any atom is 0.0829 e. The van der Waals surface area contributed by atoms with Crippen molar-refractivity contribution in [2.24, 2.45) is 5.73 Å². The zero-order valence-corrected chi connectivity index (χ0v) is 9.69. The molecule has 2 N–H and O–H groups in total. The van der Waals surface area contributed by atoms with Gasteiger partial charge in [0, 0.05) is 32.2 Å². The van der Waals surface area contributed by atoms with E-state index in [1.165, 1.54) is 19.4 Å². The van der Waals surface area contributed by atoms with E-state index in [1.54, 1.807) is 0 Å². The number of morpholine rings is 1. The van der Waals surface area contributed by atoms with Crippen LogP contribution in [0.25, 0.3) is 0 Å². The van der Waals surface area contributed by atoms with E-state index in [-0.39, 0.29) is 0 Å². The number of hydrogen-bond donors (Lipinski definition) is 1. The van der Waals surface area contributed by atoms with E-state index in [0.29, 0.717) is 12.1 Å². The van der Waals surface area contributed by atoms with E-state index in [2.05, 4.69) is 16.8 Å². The second kappa shape index (κ2) is 5.25. The van der Waals surface area contributed by atoms with Gasteiger partial charge in [0.05, 0.1) is 12.7 Å². The van der Waals surface area contributed by atoms with Crippen molar-refractivity contribution in [2.45, 2.75) is 25.0 Å². The molecule has 0 aliphatic carbocycles. The Morgan fingerprint density at radius 1 is 1.40 bits per heavy atom. The molecule has 88 valence electrons. The lowest BCUT2D eigenvalue weighted by Gasteiger charge is -2.34. The minimum Gasteiger partial charge on any atom is -0.374 e. The van der Waals surface area contributed by atoms with Gasteiger partial charge in [0.25, 0.3) is 0 Å². The van der Waals surface area contributed by atoms with Gasteiger partial charge in [-0.25, -0.2) is 0 Å². The summed E-state index contributed by atoms with van der Waals surface area (Å²) in [5, 5.41) is 0. The predicted molar refractivity (Wildman–Crippen MR) is 60.9 cm³/mol. The van der Waals surface area contributed by atoms with Gasteiger partial charge in [0.1, 0.15) is 0 Å². The normalized spacial score (nSPS) is 34.8. The summed E-state index contributed by atoms with van der Waals surface area (Å²) in [5.41, 5.74) is 5.76. The quantitative estimate of drug-likeness (QED) is 0.701. The largest absolute Gasteiger partial charge is 0.374 e. The van der Waals surface area contributed by atoms with Crippen molar-refractivity contribution in [1.82, 2.24) is 9.80 Å². The molecule has 4 nitrogen and oxygen atoms in total. The molecule has 0 amide bonds. The van der Waals surface area contributed by atoms with Crippen LogP contribution in [-0.4, -0.2) is 68.3 Å². The predicted octanol–water partition coefficient (Wildman–Crippen LogP) is -0.260. The fourth-order valence-corrected chi connectivity index (χ4v) is 2.64. The molecule has 0 saturated carbocycles. The molecule has 0 bridgehead atoms. The summed E-state index contributed by atoms with van der Waals surface area (Å²) >= 11 is 0. The summed E-state index contributed by atoms with van der Waals surface area (Å²) in [6.45, 7) is 6.06. The molecule has 2 aliphatic rings. The topological polar surface area (TPSA) is 41.7 Å². The van der Waals surface area contributed by atoms with Crippen LogP contribution >= 0.6 is 0 Å². The average Bonchev–Trinajstić information content (AvgIpc) is 2.65. The number of nitrogens with zero attached hydrogens (tertiary/aromatic N) is 2. The fourth-order valence-electron chi connectivity index (χ4n) is 2.64. The van der Waals surface area contributed by atoms with Gasteiger partial charge < -0.3 is 15.4 Å². The van der Waals surface area contributed by atoms with Crippen LogP contribution in [0, 0.1) is 0 Å². The molecule has 2 fully saturated rings. The SMILES string of the molecule is CN1CCOC(CN2CCCC2CN)C1. The first-order valence-corrected chi connectivity index (χ1v) is 6.04. The van der Waals surface area contributed by atoms with Gasteiger partial charge in [-0.3, -0.25) is 4.90 Å². The van der Waals surface area contributed by atoms with Crippen LogP contribution in [0.3, 0.4) is 0 Å². The summed E-state index contributed by atoms with van der Waals surface area (Å²) < 4.78 is 5.78. The fraction of sp³-hybridized carbons (Fsp3) is 1.00. The lowest BCUT2D eigenvalue weighted by atomic mass is 10.2. The Balaban J connectivity index is 1.80. The maximum absolute atomic E-state index is 5.78. The van der Waals surface area contributed by atoms with E-state index in [9.17, 15) is 0 Å². The maximum atomic E-state index is 5.78. The second-order valence-corrected chi connectivity index (χ2v) is 4.78. The first-order chi connectivity index (χ1) is 7.29. The van der Waals surface area contributed by atoms with E-state index in [1.807, 2.05) is 0 Å². The molecule has 4 heteroatoms. The third kappa shape index (κ3) is 2.91. The van der Waals surface area contributed by atoms with E-state index in [4.69, 9.17) is 10.5 Å². The summed E-state index contributed by atoms with van der Waals surface area (Å²) in [5.74, 6) is 0. The molecule has 0 spiro atoms. The summed E-state index contributed by atoms with van der Waals surface area (Å²) in [6, 6.07) is 0.598. The molecule has 15 heavy (non-hydrogen) atoms. The van der Waals surface area contributed by atoms with Crippen molar-refractivity contribution in [2.75, 3.05) is 46.4 Å². The van der Waals surface area contributed by atoms with Gasteiger partial charge in [0.2, 0.25) is 0 Å². The Bertz CT molecular complexity index is 200. The first kappa shape index (κ1) is 11.3. The number of ether oxygens (including phenoxy) is 1. The zero-order chi connectivity index (χ0) is 10.7. The van der Waals surface area contributed by atoms with Crippen molar-refractivity contribution in [1.29, 1.82) is 0 Å². The first-order valence-electron chi connectivity index (χ1n) is 6.04. The Morgan fingerprint density at radius 3 is 3.00 bits per heavy atom. The highest BCUT2D eigenvalue weighted by atomic mass is 16.5. The Kier molecular flexibility index (Phi) is 3.97. The Hall–Kier alpha value is -0.160. The van der Waals surface area contributed by atoms with Crippen LogP contribution in [-0.2, 0) is 4.74 Å². The van der Waals surface area contributed by atoms with Crippen molar-refractivity contribution >= 4 is 0 Å². The van der Waals surface area contributed by atoms with Crippen LogP contribution in [0.2, 0.25) is 0 Å². The second-order valence-electron chi connectivity index (χ2n) is 4.78. The van der Waals surface area contributed by atoms with E-state index >= 15 is 0 Å². The van der Waals surface area contributed by atoms with Crippen molar-refractivity contribution < 1.29 is 4.74 Å². The lowest BCUT2D eigenvalue weighted by molar-refractivity contribution is -0.0368. The summed E-state index contributed by atoms with van der Waals surface area (Å²) in [7, 11) is 2.17. The van der Waals surface area contributed by atoms with Crippen LogP contribution in [0.4, 0.5) is 0 Å². The van der Waals surface area contributed by atoms with Gasteiger partial charge >= 0.3 is 0 Å². The van der Waals surface area contributed by atoms with Gasteiger partial charge in [0.15, 0.2) is 0 Å². The molecule has 0 aromatic carbocycles. The van der Waals surface area contributed by atoms with Crippen LogP contribution < -0.4 is 5.73 Å². The molecule has 2 saturated heterocycles. The molecule has 0 aromatic rings. The standard InChI is InChI=1S/C11H23N3O/c1-13-5-6-15-11(8-13)9-14-4-2-3-10(14)7-12/h10-11H,2-9,12H2,1H3. The molecule has 2 rings (SSSR count). The number of likely N-dealkylation sites (tertiary alicyclic amines) is 1. The molecule has 2 atom stereocenters. The van der Waals surface area contributed by atoms with Gasteiger partial charge in [-0.05, 0) is 26.4 Å². The molecule has 0 radical (unpaired) electrons. The molecule has 2 unspecified atom stereocenters. The van der Waals surface area contributed by atoms with Crippen molar-refractivity contribution in [3.05, 3.63) is 0 Å². The number of rotatable bonds is 3. The zero-order valence-electron chi connectivity index (χ0n) is 9.69. The molecule has 0 aromatic heterocycles. The summed E-state index contributed by atoms with van der Waals surface area (Å²) in [6.07, 6.45) is 2.94. The van der Waals surface area contributed by atoms with Gasteiger partial charge in [-0.15, -0.1) is 0 Å². The summed E-state index contributed by atoms with van der Waals surface area (Å²) in [4.78, 5) is 4.85. The number of hydrogen-bond acceptors (Lipinski definition) is 4. The number of likely N-dealkylation sites (N-methyl/N-ethyl adjacent to an activating group) is 1. The number of nitrogens with two attached hydrogens (primary N) is 1. The molecule has 2 heterocycles. The highest BCUT2D eigenvalue weighted by Gasteiger charge is 2.27. The van der Waals surface area contributed by atoms with E-state index in [0.717, 1.165) is 32.8 Å². The highest BCUT2D eigenvalue weighted by molar-refractivity contribution is 4.83. The molecule has 2 aliphatic heterocycles.